The Balaban J connectivity index is 1.91. The summed E-state index contributed by atoms with van der Waals surface area (Å²) in [6.07, 6.45) is -20.9. The molecule has 4 rings (SSSR count). The molecule has 0 aliphatic heterocycles. The molecule has 4 heterocycles. The van der Waals surface area contributed by atoms with Gasteiger partial charge in [-0.2, -0.15) is 52.7 Å². The van der Waals surface area contributed by atoms with Gasteiger partial charge in [0.05, 0.1) is 11.1 Å². The summed E-state index contributed by atoms with van der Waals surface area (Å²) in [5, 5.41) is -1.54. The molecule has 0 saturated heterocycles. The molecular weight excluding hydrogens is 562 g/mol. The maximum absolute atomic E-state index is 13.4. The van der Waals surface area contributed by atoms with Crippen molar-refractivity contribution >= 4 is 33.7 Å². The zero-order chi connectivity index (χ0) is 29.1. The van der Waals surface area contributed by atoms with Crippen molar-refractivity contribution in [3.63, 3.8) is 0 Å². The number of nitrogens with zero attached hydrogens (tertiary/aromatic N) is 5. The first-order chi connectivity index (χ1) is 17.8. The molecule has 0 aromatic carbocycles. The van der Waals surface area contributed by atoms with Crippen LogP contribution in [-0.2, 0) is 24.7 Å². The molecule has 0 bridgehead atoms. The van der Waals surface area contributed by atoms with E-state index in [4.69, 9.17) is 0 Å². The van der Waals surface area contributed by atoms with E-state index in [2.05, 4.69) is 19.9 Å². The lowest BCUT2D eigenvalue weighted by Gasteiger charge is -2.22. The second-order valence-corrected chi connectivity index (χ2v) is 7.93. The van der Waals surface area contributed by atoms with Crippen molar-refractivity contribution < 1.29 is 52.7 Å². The van der Waals surface area contributed by atoms with Crippen LogP contribution in [0, 0.1) is 0 Å². The third-order valence-corrected chi connectivity index (χ3v) is 5.38. The number of hydrogen-bond acceptors (Lipinski definition) is 5. The van der Waals surface area contributed by atoms with Crippen molar-refractivity contribution in [3.05, 3.63) is 58.9 Å². The van der Waals surface area contributed by atoms with Gasteiger partial charge in [0.2, 0.25) is 0 Å². The fourth-order valence-electron chi connectivity index (χ4n) is 3.69. The van der Waals surface area contributed by atoms with Gasteiger partial charge in [-0.15, -0.1) is 0 Å². The molecule has 0 amide bonds. The molecule has 0 fully saturated rings. The number of halogens is 12. The molecular formula is C22H11F12N5. The molecule has 0 aliphatic carbocycles. The molecule has 5 nitrogen and oxygen atoms in total. The minimum absolute atomic E-state index is 0.160. The summed E-state index contributed by atoms with van der Waals surface area (Å²) in [5.41, 5.74) is -8.97. The fraction of sp³-hybridized carbons (Fsp3) is 0.273. The van der Waals surface area contributed by atoms with Crippen molar-refractivity contribution in [3.8, 4) is 0 Å². The molecule has 0 saturated carbocycles. The Bertz CT molecular complexity index is 1440. The van der Waals surface area contributed by atoms with Gasteiger partial charge < -0.3 is 4.90 Å². The lowest BCUT2D eigenvalue weighted by Crippen LogP contribution is -2.20. The topological polar surface area (TPSA) is 54.8 Å². The predicted molar refractivity (Wildman–Crippen MR) is 112 cm³/mol. The Morgan fingerprint density at radius 2 is 0.897 bits per heavy atom. The molecule has 0 atom stereocenters. The summed E-state index contributed by atoms with van der Waals surface area (Å²) >= 11 is 0. The minimum Gasteiger partial charge on any atom is -0.311 e. The Morgan fingerprint density at radius 3 is 1.18 bits per heavy atom. The van der Waals surface area contributed by atoms with Gasteiger partial charge in [0, 0.05) is 17.3 Å². The van der Waals surface area contributed by atoms with E-state index in [-0.39, 0.29) is 30.3 Å². The predicted octanol–water partition coefficient (Wildman–Crippen LogP) is 7.81. The van der Waals surface area contributed by atoms with Crippen LogP contribution in [0.3, 0.4) is 0 Å². The summed E-state index contributed by atoms with van der Waals surface area (Å²) in [4.78, 5) is 14.9. The average Bonchev–Trinajstić information content (AvgIpc) is 2.80. The van der Waals surface area contributed by atoms with Crippen LogP contribution in [0.4, 0.5) is 64.3 Å². The second kappa shape index (κ2) is 9.08. The number of aromatic nitrogens is 4. The van der Waals surface area contributed by atoms with Crippen molar-refractivity contribution in [1.29, 1.82) is 0 Å². The van der Waals surface area contributed by atoms with E-state index in [9.17, 15) is 52.7 Å². The molecule has 0 unspecified atom stereocenters. The summed E-state index contributed by atoms with van der Waals surface area (Å²) in [6.45, 7) is 1.26. The number of rotatable bonds is 3. The van der Waals surface area contributed by atoms with E-state index >= 15 is 0 Å². The van der Waals surface area contributed by atoms with Crippen LogP contribution >= 0.6 is 0 Å². The van der Waals surface area contributed by atoms with E-state index in [1.807, 2.05) is 0 Å². The number of hydrogen-bond donors (Lipinski definition) is 0. The molecule has 0 spiro atoms. The van der Waals surface area contributed by atoms with Crippen LogP contribution in [0.15, 0.2) is 36.4 Å². The van der Waals surface area contributed by atoms with Gasteiger partial charge in [0.15, 0.2) is 11.3 Å². The van der Waals surface area contributed by atoms with Gasteiger partial charge >= 0.3 is 24.7 Å². The standard InChI is InChI=1S/C22H11F12N5/c1-2-39(15-5-3-9-11(19(23,24)25)7-13(21(29,30)31)35-17(9)37-15)16-6-4-10-12(20(26,27)28)8-14(22(32,33)34)36-18(10)38-16/h3-8H,2H2,1H3. The quantitative estimate of drug-likeness (QED) is 0.234. The van der Waals surface area contributed by atoms with E-state index < -0.39 is 69.3 Å². The molecule has 0 radical (unpaired) electrons. The highest BCUT2D eigenvalue weighted by molar-refractivity contribution is 5.84. The van der Waals surface area contributed by atoms with Gasteiger partial charge in [0.25, 0.3) is 0 Å². The smallest absolute Gasteiger partial charge is 0.311 e. The molecule has 0 aliphatic rings. The monoisotopic (exact) mass is 573 g/mol. The van der Waals surface area contributed by atoms with Gasteiger partial charge in [-0.1, -0.05) is 0 Å². The Morgan fingerprint density at radius 1 is 0.538 bits per heavy atom. The van der Waals surface area contributed by atoms with Crippen molar-refractivity contribution in [2.24, 2.45) is 0 Å². The lowest BCUT2D eigenvalue weighted by atomic mass is 10.1. The van der Waals surface area contributed by atoms with Crippen LogP contribution in [0.25, 0.3) is 22.1 Å². The van der Waals surface area contributed by atoms with E-state index in [1.54, 1.807) is 0 Å². The SMILES string of the molecule is CCN(c1ccc2c(C(F)(F)F)cc(C(F)(F)F)nc2n1)c1ccc2c(C(F)(F)F)cc(C(F)(F)F)nc2n1. The maximum atomic E-state index is 13.4. The van der Waals surface area contributed by atoms with E-state index in [1.165, 1.54) is 6.92 Å². The van der Waals surface area contributed by atoms with Crippen molar-refractivity contribution in [1.82, 2.24) is 19.9 Å². The Hall–Kier alpha value is -3.92. The summed E-state index contributed by atoms with van der Waals surface area (Å²) < 4.78 is 160. The van der Waals surface area contributed by atoms with Crippen molar-refractivity contribution in [2.45, 2.75) is 31.6 Å². The Labute approximate surface area is 209 Å². The van der Waals surface area contributed by atoms with Crippen LogP contribution in [-0.4, -0.2) is 26.5 Å². The maximum Gasteiger partial charge on any atom is 0.433 e. The zero-order valence-electron chi connectivity index (χ0n) is 18.9. The van der Waals surface area contributed by atoms with Gasteiger partial charge in [0.1, 0.15) is 23.0 Å². The molecule has 39 heavy (non-hydrogen) atoms. The van der Waals surface area contributed by atoms with Gasteiger partial charge in [-0.3, -0.25) is 0 Å². The number of pyridine rings is 4. The van der Waals surface area contributed by atoms with E-state index in [0.29, 0.717) is 0 Å². The average molecular weight is 573 g/mol. The molecule has 208 valence electrons. The molecule has 4 aromatic heterocycles. The summed E-state index contributed by atoms with van der Waals surface area (Å²) in [7, 11) is 0. The highest BCUT2D eigenvalue weighted by Gasteiger charge is 2.41. The third kappa shape index (κ3) is 5.47. The largest absolute Gasteiger partial charge is 0.433 e. The minimum atomic E-state index is -5.26. The molecule has 17 heteroatoms. The fourth-order valence-corrected chi connectivity index (χ4v) is 3.69. The third-order valence-electron chi connectivity index (χ3n) is 5.38. The van der Waals surface area contributed by atoms with Gasteiger partial charge in [-0.05, 0) is 43.3 Å². The first kappa shape index (κ1) is 28.1. The lowest BCUT2D eigenvalue weighted by molar-refractivity contribution is -0.146. The highest BCUT2D eigenvalue weighted by atomic mass is 19.4. The number of alkyl halides is 12. The zero-order valence-corrected chi connectivity index (χ0v) is 18.9. The van der Waals surface area contributed by atoms with Crippen LogP contribution < -0.4 is 4.90 Å². The number of fused-ring (bicyclic) bond motifs is 2. The second-order valence-electron chi connectivity index (χ2n) is 7.93. The number of anilines is 2. The van der Waals surface area contributed by atoms with E-state index in [0.717, 1.165) is 29.2 Å². The molecule has 4 aromatic rings. The first-order valence-corrected chi connectivity index (χ1v) is 10.5. The normalized spacial score (nSPS) is 13.4. The van der Waals surface area contributed by atoms with Crippen molar-refractivity contribution in [2.75, 3.05) is 11.4 Å². The van der Waals surface area contributed by atoms with Crippen LogP contribution in [0.1, 0.15) is 29.4 Å². The Kier molecular flexibility index (Phi) is 6.54. The summed E-state index contributed by atoms with van der Waals surface area (Å²) in [6, 6.07) is 3.16. The van der Waals surface area contributed by atoms with Gasteiger partial charge in [-0.25, -0.2) is 19.9 Å². The highest BCUT2D eigenvalue weighted by Crippen LogP contribution is 2.41. The summed E-state index contributed by atoms with van der Waals surface area (Å²) in [5.74, 6) is -0.667. The first-order valence-electron chi connectivity index (χ1n) is 10.5. The van der Waals surface area contributed by atoms with Crippen LogP contribution in [0.2, 0.25) is 0 Å². The molecule has 0 N–H and O–H groups in total. The van der Waals surface area contributed by atoms with Crippen LogP contribution in [0.5, 0.6) is 0 Å².